The summed E-state index contributed by atoms with van der Waals surface area (Å²) in [6.07, 6.45) is 7.39. The molecule has 0 aliphatic carbocycles. The van der Waals surface area contributed by atoms with Crippen LogP contribution >= 0.6 is 17.0 Å². The zero-order valence-corrected chi connectivity index (χ0v) is 46.6. The molecule has 0 saturated carbocycles. The van der Waals surface area contributed by atoms with Crippen molar-refractivity contribution in [2.24, 2.45) is 0 Å². The summed E-state index contributed by atoms with van der Waals surface area (Å²) in [5.74, 6) is 0. The van der Waals surface area contributed by atoms with Gasteiger partial charge in [-0.2, -0.15) is 41.6 Å². The molecule has 2 radical (unpaired) electrons. The number of benzene rings is 6. The minimum atomic E-state index is -0.826. The van der Waals surface area contributed by atoms with Crippen LogP contribution < -0.4 is 10.4 Å². The van der Waals surface area contributed by atoms with Gasteiger partial charge in [0.2, 0.25) is 0 Å². The molecule has 1 aliphatic heterocycles. The van der Waals surface area contributed by atoms with Gasteiger partial charge in [-0.05, 0) is 62.5 Å². The summed E-state index contributed by atoms with van der Waals surface area (Å²) in [5.41, 5.74) is 19.8. The fraction of sp³-hybridized carbons (Fsp3) is 0.323. The third-order valence-electron chi connectivity index (χ3n) is 12.5. The topological polar surface area (TPSA) is 0 Å². The Morgan fingerprint density at radius 2 is 0.970 bits per heavy atom. The number of halogens is 2. The molecule has 0 atom stereocenters. The molecule has 9 rings (SSSR count). The molecule has 0 nitrogen and oxygen atoms in total. The van der Waals surface area contributed by atoms with Crippen molar-refractivity contribution in [3.63, 3.8) is 0 Å². The van der Waals surface area contributed by atoms with Gasteiger partial charge in [-0.25, -0.2) is 0 Å². The van der Waals surface area contributed by atoms with E-state index in [1.807, 2.05) is 6.07 Å². The molecule has 0 N–H and O–H groups in total. The van der Waals surface area contributed by atoms with Gasteiger partial charge in [0.1, 0.15) is 0 Å². The van der Waals surface area contributed by atoms with Crippen molar-refractivity contribution in [1.29, 1.82) is 0 Å². The average Bonchev–Trinajstić information content (AvgIpc) is 3.98. The van der Waals surface area contributed by atoms with Crippen LogP contribution in [-0.4, -0.2) is 9.52 Å². The van der Waals surface area contributed by atoms with Gasteiger partial charge >= 0.3 is 37.9 Å². The molecule has 8 aromatic carbocycles. The molecule has 1 aliphatic rings. The van der Waals surface area contributed by atoms with E-state index in [1.165, 1.54) is 148 Å². The van der Waals surface area contributed by atoms with E-state index in [0.717, 1.165) is 9.52 Å². The molecule has 342 valence electrons. The van der Waals surface area contributed by atoms with Gasteiger partial charge in [-0.3, -0.25) is 0 Å². The Hall–Kier alpha value is -3.78. The van der Waals surface area contributed by atoms with E-state index in [1.54, 1.807) is 0 Å². The van der Waals surface area contributed by atoms with E-state index < -0.39 is 20.8 Å². The van der Waals surface area contributed by atoms with E-state index in [9.17, 15) is 0 Å². The third kappa shape index (κ3) is 12.8. The van der Waals surface area contributed by atoms with Crippen LogP contribution in [0.1, 0.15) is 126 Å². The van der Waals surface area contributed by atoms with Gasteiger partial charge in [0, 0.05) is 0 Å². The van der Waals surface area contributed by atoms with E-state index in [0.29, 0.717) is 0 Å². The van der Waals surface area contributed by atoms with E-state index in [4.69, 9.17) is 17.0 Å². The van der Waals surface area contributed by atoms with E-state index in [-0.39, 0.29) is 10.8 Å². The summed E-state index contributed by atoms with van der Waals surface area (Å²) in [7, 11) is 10.7. The molecule has 0 spiro atoms. The van der Waals surface area contributed by atoms with Gasteiger partial charge in [-0.1, -0.05) is 197 Å². The number of unbranched alkanes of at least 4 members (excludes halogenated alkanes) is 2. The van der Waals surface area contributed by atoms with Gasteiger partial charge in [0.15, 0.2) is 0 Å². The zero-order valence-electron chi connectivity index (χ0n) is 41.6. The summed E-state index contributed by atoms with van der Waals surface area (Å²) in [6.45, 7) is 27.3. The Balaban J connectivity index is 0.000000166. The molecule has 8 aromatic rings. The summed E-state index contributed by atoms with van der Waals surface area (Å²) in [5, 5.41) is 8.43. The summed E-state index contributed by atoms with van der Waals surface area (Å²) in [6, 6.07) is 51.1. The van der Waals surface area contributed by atoms with Crippen LogP contribution in [0.25, 0.3) is 54.9 Å². The second kappa shape index (κ2) is 23.0. The maximum Gasteiger partial charge on any atom is 0.0920 e. The van der Waals surface area contributed by atoms with E-state index in [2.05, 4.69) is 210 Å². The van der Waals surface area contributed by atoms with Crippen molar-refractivity contribution < 1.29 is 20.8 Å². The molecular formula is C62H69Cl2SiZr-3. The number of fused-ring (bicyclic) bond motifs is 5. The van der Waals surface area contributed by atoms with Gasteiger partial charge in [-0.15, -0.1) is 74.6 Å². The summed E-state index contributed by atoms with van der Waals surface area (Å²) in [4.78, 5) is 0. The molecule has 66 heavy (non-hydrogen) atoms. The number of hydrogen-bond acceptors (Lipinski definition) is 0. The minimum Gasteiger partial charge on any atom is -0.184 e. The summed E-state index contributed by atoms with van der Waals surface area (Å²) >= 11 is -0.826. The maximum absolute atomic E-state index is 4.93. The van der Waals surface area contributed by atoms with Crippen molar-refractivity contribution in [1.82, 2.24) is 0 Å². The first-order valence-electron chi connectivity index (χ1n) is 23.9. The fourth-order valence-electron chi connectivity index (χ4n) is 9.57. The Kier molecular flexibility index (Phi) is 18.0. The minimum absolute atomic E-state index is 0.127. The molecule has 0 fully saturated rings. The first-order valence-corrected chi connectivity index (χ1v) is 31.2. The first-order chi connectivity index (χ1) is 31.4. The van der Waals surface area contributed by atoms with Crippen molar-refractivity contribution >= 4 is 58.5 Å². The zero-order chi connectivity index (χ0) is 47.8. The van der Waals surface area contributed by atoms with Gasteiger partial charge in [0.05, 0.1) is 9.52 Å². The molecule has 0 saturated heterocycles. The van der Waals surface area contributed by atoms with Crippen LogP contribution in [0.4, 0.5) is 0 Å². The second-order valence-corrected chi connectivity index (χ2v) is 25.4. The van der Waals surface area contributed by atoms with Gasteiger partial charge in [0.25, 0.3) is 0 Å². The third-order valence-corrected chi connectivity index (χ3v) is 13.9. The predicted octanol–water partition coefficient (Wildman–Crippen LogP) is 17.5. The van der Waals surface area contributed by atoms with Crippen LogP contribution in [-0.2, 0) is 44.5 Å². The molecule has 4 heteroatoms. The van der Waals surface area contributed by atoms with Crippen LogP contribution in [0.5, 0.6) is 0 Å². The SMILES string of the molecule is CCCCc1cc2c(-c3cc(C)cc(C)c3)c(C(C)(C)C)ccc2[cH-]1.CCCCc1cc2c(-c3cc(C)cc(C)c3)c(C(C)(C)C)ccc2[cH-]1.[Cl][Zr][Cl].[c-]1cccc2c1[Si]c1ccccc1-2. The molecule has 0 amide bonds. The molecule has 0 aromatic heterocycles. The molecule has 0 unspecified atom stereocenters. The largest absolute Gasteiger partial charge is 0.184 e. The summed E-state index contributed by atoms with van der Waals surface area (Å²) < 4.78 is 0. The molecule has 0 bridgehead atoms. The van der Waals surface area contributed by atoms with E-state index >= 15 is 0 Å². The Labute approximate surface area is 419 Å². The average molecular weight is 1000 g/mol. The standard InChI is InChI=1S/2C25H31.C12H7Si.2ClH.Zr/c2*1-7-8-9-19-15-20-10-11-23(25(4,5)6)24(22(20)16-19)21-13-17(2)12-18(3)14-21;1-3-7-11-9(5-1)10-6-2-4-8-12(10)13-11;;;/h2*10-16H,7-9H2,1-6H3;1-7H;2*1H;/q3*-1;;;+2/p-2. The second-order valence-electron chi connectivity index (χ2n) is 20.4. The smallest absolute Gasteiger partial charge is 0.0920 e. The van der Waals surface area contributed by atoms with Crippen LogP contribution in [0.3, 0.4) is 0 Å². The van der Waals surface area contributed by atoms with Gasteiger partial charge < -0.3 is 0 Å². The normalized spacial score (nSPS) is 11.8. The van der Waals surface area contributed by atoms with Crippen molar-refractivity contribution in [2.45, 2.75) is 132 Å². The Morgan fingerprint density at radius 1 is 0.545 bits per heavy atom. The van der Waals surface area contributed by atoms with Crippen molar-refractivity contribution in [2.75, 3.05) is 0 Å². The number of hydrogen-bond donors (Lipinski definition) is 0. The fourth-order valence-corrected chi connectivity index (χ4v) is 10.9. The van der Waals surface area contributed by atoms with Crippen molar-refractivity contribution in [3.05, 3.63) is 178 Å². The first kappa shape index (κ1) is 51.6. The quantitative estimate of drug-likeness (QED) is 0.105. The van der Waals surface area contributed by atoms with Crippen molar-refractivity contribution in [3.8, 4) is 33.4 Å². The Morgan fingerprint density at radius 3 is 1.39 bits per heavy atom. The maximum atomic E-state index is 4.93. The van der Waals surface area contributed by atoms with Crippen LogP contribution in [0.2, 0.25) is 0 Å². The number of rotatable bonds is 8. The van der Waals surface area contributed by atoms with Crippen LogP contribution in [0.15, 0.2) is 127 Å². The molecule has 1 heterocycles. The molecular weight excluding hydrogens is 935 g/mol. The van der Waals surface area contributed by atoms with Crippen LogP contribution in [0, 0.1) is 33.8 Å². The number of aryl methyl sites for hydroxylation is 6. The predicted molar refractivity (Wildman–Crippen MR) is 291 cm³/mol. The monoisotopic (exact) mass is 1000 g/mol. The Bertz CT molecular complexity index is 2640.